The van der Waals surface area contributed by atoms with E-state index in [2.05, 4.69) is 40.5 Å². The van der Waals surface area contributed by atoms with E-state index in [1.54, 1.807) is 18.5 Å². The molecule has 0 radical (unpaired) electrons. The largest absolute Gasteiger partial charge is 0.271 e. The van der Waals surface area contributed by atoms with Crippen molar-refractivity contribution in [1.82, 2.24) is 15.4 Å². The Kier molecular flexibility index (Phi) is 3.80. The van der Waals surface area contributed by atoms with Crippen LogP contribution in [0, 0.1) is 6.92 Å². The highest BCUT2D eigenvalue weighted by atomic mass is 15.2. The molecule has 0 saturated heterocycles. The van der Waals surface area contributed by atoms with E-state index in [9.17, 15) is 0 Å². The van der Waals surface area contributed by atoms with Gasteiger partial charge in [0, 0.05) is 12.4 Å². The Labute approximate surface area is 101 Å². The van der Waals surface area contributed by atoms with E-state index in [-0.39, 0.29) is 6.04 Å². The molecule has 1 atom stereocenters. The van der Waals surface area contributed by atoms with E-state index in [1.165, 1.54) is 11.1 Å². The molecule has 1 heterocycles. The Morgan fingerprint density at radius 1 is 1.24 bits per heavy atom. The van der Waals surface area contributed by atoms with Gasteiger partial charge in [-0.25, -0.2) is 15.4 Å². The zero-order valence-electron chi connectivity index (χ0n) is 9.80. The van der Waals surface area contributed by atoms with Crippen LogP contribution in [0.4, 0.5) is 0 Å². The van der Waals surface area contributed by atoms with Crippen LogP contribution in [0.2, 0.25) is 0 Å². The predicted octanol–water partition coefficient (Wildman–Crippen LogP) is 1.53. The van der Waals surface area contributed by atoms with E-state index < -0.39 is 0 Å². The molecule has 0 aliphatic carbocycles. The average Bonchev–Trinajstić information content (AvgIpc) is 2.37. The molecule has 0 saturated carbocycles. The number of nitrogens with one attached hydrogen (secondary N) is 1. The second-order valence-electron chi connectivity index (χ2n) is 4.02. The number of hydrogen-bond donors (Lipinski definition) is 2. The molecule has 88 valence electrons. The highest BCUT2D eigenvalue weighted by molar-refractivity contribution is 5.23. The molecule has 4 heteroatoms. The zero-order valence-corrected chi connectivity index (χ0v) is 9.80. The smallest absolute Gasteiger partial charge is 0.146 e. The fraction of sp³-hybridized carbons (Fsp3) is 0.231. The number of nitrogens with zero attached hydrogens (tertiary/aromatic N) is 2. The molecule has 4 nitrogen and oxygen atoms in total. The van der Waals surface area contributed by atoms with E-state index in [0.717, 1.165) is 12.2 Å². The molecule has 3 N–H and O–H groups in total. The topological polar surface area (TPSA) is 63.8 Å². The Morgan fingerprint density at radius 2 is 2.00 bits per heavy atom. The molecule has 1 aromatic heterocycles. The van der Waals surface area contributed by atoms with Crippen LogP contribution >= 0.6 is 0 Å². The molecule has 2 rings (SSSR count). The number of aromatic nitrogens is 2. The molecule has 1 aromatic carbocycles. The molecule has 1 unspecified atom stereocenters. The molecule has 0 fully saturated rings. The number of rotatable bonds is 4. The highest BCUT2D eigenvalue weighted by Gasteiger charge is 2.12. The molecule has 0 aliphatic heterocycles. The van der Waals surface area contributed by atoms with Gasteiger partial charge in [0.1, 0.15) is 5.82 Å². The van der Waals surface area contributed by atoms with Gasteiger partial charge in [0.05, 0.1) is 6.04 Å². The third-order valence-electron chi connectivity index (χ3n) is 2.62. The molecule has 17 heavy (non-hydrogen) atoms. The molecule has 0 bridgehead atoms. The fourth-order valence-corrected chi connectivity index (χ4v) is 1.79. The van der Waals surface area contributed by atoms with Crippen LogP contribution in [-0.2, 0) is 6.42 Å². The van der Waals surface area contributed by atoms with Gasteiger partial charge in [-0.05, 0) is 25.0 Å². The van der Waals surface area contributed by atoms with Crippen LogP contribution in [0.1, 0.15) is 23.0 Å². The maximum absolute atomic E-state index is 5.56. The van der Waals surface area contributed by atoms with Crippen LogP contribution < -0.4 is 11.3 Å². The Morgan fingerprint density at radius 3 is 2.65 bits per heavy atom. The third kappa shape index (κ3) is 3.09. The number of aryl methyl sites for hydroxylation is 1. The van der Waals surface area contributed by atoms with Crippen LogP contribution in [0.25, 0.3) is 0 Å². The van der Waals surface area contributed by atoms with Crippen molar-refractivity contribution in [3.8, 4) is 0 Å². The average molecular weight is 228 g/mol. The van der Waals surface area contributed by atoms with Gasteiger partial charge in [0.15, 0.2) is 0 Å². The van der Waals surface area contributed by atoms with E-state index in [0.29, 0.717) is 0 Å². The van der Waals surface area contributed by atoms with Gasteiger partial charge >= 0.3 is 0 Å². The SMILES string of the molecule is Cc1cccc(CC(NN)c2ncccn2)c1. The minimum absolute atomic E-state index is 0.0574. The summed E-state index contributed by atoms with van der Waals surface area (Å²) in [4.78, 5) is 8.43. The first-order chi connectivity index (χ1) is 8.29. The summed E-state index contributed by atoms with van der Waals surface area (Å²) < 4.78 is 0. The molecular weight excluding hydrogens is 212 g/mol. The van der Waals surface area contributed by atoms with Crippen LogP contribution in [0.5, 0.6) is 0 Å². The summed E-state index contributed by atoms with van der Waals surface area (Å²) in [5.41, 5.74) is 5.23. The summed E-state index contributed by atoms with van der Waals surface area (Å²) in [6.45, 7) is 2.08. The number of hydrazine groups is 1. The van der Waals surface area contributed by atoms with E-state index in [4.69, 9.17) is 5.84 Å². The lowest BCUT2D eigenvalue weighted by atomic mass is 10.0. The second kappa shape index (κ2) is 5.52. The first kappa shape index (κ1) is 11.7. The lowest BCUT2D eigenvalue weighted by Crippen LogP contribution is -2.30. The minimum Gasteiger partial charge on any atom is -0.271 e. The normalized spacial score (nSPS) is 12.4. The fourth-order valence-electron chi connectivity index (χ4n) is 1.79. The van der Waals surface area contributed by atoms with Gasteiger partial charge in [0.25, 0.3) is 0 Å². The van der Waals surface area contributed by atoms with Gasteiger partial charge in [-0.15, -0.1) is 0 Å². The van der Waals surface area contributed by atoms with Crippen molar-refractivity contribution in [3.63, 3.8) is 0 Å². The van der Waals surface area contributed by atoms with Crippen LogP contribution in [-0.4, -0.2) is 9.97 Å². The van der Waals surface area contributed by atoms with Crippen LogP contribution in [0.3, 0.4) is 0 Å². The van der Waals surface area contributed by atoms with E-state index in [1.807, 2.05) is 6.07 Å². The summed E-state index contributed by atoms with van der Waals surface area (Å²) in [5.74, 6) is 6.28. The maximum Gasteiger partial charge on any atom is 0.146 e. The highest BCUT2D eigenvalue weighted by Crippen LogP contribution is 2.14. The van der Waals surface area contributed by atoms with Crippen LogP contribution in [0.15, 0.2) is 42.7 Å². The van der Waals surface area contributed by atoms with Gasteiger partial charge in [-0.2, -0.15) is 0 Å². The van der Waals surface area contributed by atoms with Crippen molar-refractivity contribution in [2.45, 2.75) is 19.4 Å². The first-order valence-corrected chi connectivity index (χ1v) is 5.58. The number of benzene rings is 1. The predicted molar refractivity (Wildman–Crippen MR) is 67.0 cm³/mol. The third-order valence-corrected chi connectivity index (χ3v) is 2.62. The first-order valence-electron chi connectivity index (χ1n) is 5.58. The Bertz CT molecular complexity index is 470. The van der Waals surface area contributed by atoms with Gasteiger partial charge in [0.2, 0.25) is 0 Å². The lowest BCUT2D eigenvalue weighted by molar-refractivity contribution is 0.522. The minimum atomic E-state index is -0.0574. The molecular formula is C13H16N4. The van der Waals surface area contributed by atoms with Crippen molar-refractivity contribution < 1.29 is 0 Å². The van der Waals surface area contributed by atoms with Crippen molar-refractivity contribution in [1.29, 1.82) is 0 Å². The summed E-state index contributed by atoms with van der Waals surface area (Å²) in [5, 5.41) is 0. The van der Waals surface area contributed by atoms with Gasteiger partial charge in [-0.1, -0.05) is 29.8 Å². The Hall–Kier alpha value is -1.78. The van der Waals surface area contributed by atoms with Crippen molar-refractivity contribution >= 4 is 0 Å². The van der Waals surface area contributed by atoms with Crippen molar-refractivity contribution in [3.05, 3.63) is 59.7 Å². The van der Waals surface area contributed by atoms with E-state index >= 15 is 0 Å². The number of nitrogens with two attached hydrogens (primary N) is 1. The van der Waals surface area contributed by atoms with Gasteiger partial charge in [-0.3, -0.25) is 5.84 Å². The number of hydrogen-bond acceptors (Lipinski definition) is 4. The molecule has 0 spiro atoms. The molecule has 2 aromatic rings. The molecule has 0 amide bonds. The summed E-state index contributed by atoms with van der Waals surface area (Å²) in [6.07, 6.45) is 4.23. The standard InChI is InChI=1S/C13H16N4/c1-10-4-2-5-11(8-10)9-12(17-14)13-15-6-3-7-16-13/h2-8,12,17H,9,14H2,1H3. The van der Waals surface area contributed by atoms with Crippen molar-refractivity contribution in [2.24, 2.45) is 5.84 Å². The second-order valence-corrected chi connectivity index (χ2v) is 4.02. The lowest BCUT2D eigenvalue weighted by Gasteiger charge is -2.14. The quantitative estimate of drug-likeness (QED) is 0.615. The molecule has 0 aliphatic rings. The summed E-state index contributed by atoms with van der Waals surface area (Å²) >= 11 is 0. The monoisotopic (exact) mass is 228 g/mol. The summed E-state index contributed by atoms with van der Waals surface area (Å²) in [7, 11) is 0. The van der Waals surface area contributed by atoms with Gasteiger partial charge < -0.3 is 0 Å². The zero-order chi connectivity index (χ0) is 12.1. The van der Waals surface area contributed by atoms with Crippen molar-refractivity contribution in [2.75, 3.05) is 0 Å². The Balaban J connectivity index is 2.16. The maximum atomic E-state index is 5.56. The summed E-state index contributed by atoms with van der Waals surface area (Å²) in [6, 6.07) is 10.1.